The quantitative estimate of drug-likeness (QED) is 0.857. The van der Waals surface area contributed by atoms with E-state index in [1.807, 2.05) is 0 Å². The topological polar surface area (TPSA) is 60.9 Å². The van der Waals surface area contributed by atoms with E-state index >= 15 is 0 Å². The number of hydrogen-bond donors (Lipinski definition) is 1. The molecule has 3 rings (SSSR count). The number of fused-ring (bicyclic) bond motifs is 3. The molecule has 0 fully saturated rings. The fourth-order valence-electron chi connectivity index (χ4n) is 3.22. The first-order valence-electron chi connectivity index (χ1n) is 7.55. The van der Waals surface area contributed by atoms with Crippen LogP contribution in [-0.2, 0) is 19.4 Å². The molecule has 0 saturated carbocycles. The number of nitrogens with zero attached hydrogens (tertiary/aromatic N) is 2. The number of thiophene rings is 1. The van der Waals surface area contributed by atoms with Crippen LogP contribution in [0.2, 0.25) is 0 Å². The second-order valence-corrected chi connectivity index (χ2v) is 8.74. The van der Waals surface area contributed by atoms with Crippen molar-refractivity contribution in [3.05, 3.63) is 27.1 Å². The first-order chi connectivity index (χ1) is 10.3. The van der Waals surface area contributed by atoms with Gasteiger partial charge in [-0.3, -0.25) is 9.36 Å². The van der Waals surface area contributed by atoms with Gasteiger partial charge in [0.25, 0.3) is 5.56 Å². The summed E-state index contributed by atoms with van der Waals surface area (Å²) in [6.45, 7) is 7.14. The maximum Gasteiger partial charge on any atom is 0.262 e. The Hall–Kier alpha value is -1.27. The third kappa shape index (κ3) is 2.70. The molecule has 22 heavy (non-hydrogen) atoms. The Morgan fingerprint density at radius 2 is 2.27 bits per heavy atom. The molecule has 1 unspecified atom stereocenters. The van der Waals surface area contributed by atoms with Gasteiger partial charge >= 0.3 is 0 Å². The Morgan fingerprint density at radius 1 is 1.55 bits per heavy atom. The lowest BCUT2D eigenvalue weighted by molar-refractivity contribution is 0.218. The zero-order chi connectivity index (χ0) is 16.1. The summed E-state index contributed by atoms with van der Waals surface area (Å²) in [6, 6.07) is 0. The highest BCUT2D eigenvalue weighted by atomic mass is 32.1. The van der Waals surface area contributed by atoms with Gasteiger partial charge in [0, 0.05) is 4.88 Å². The molecule has 6 heteroatoms. The van der Waals surface area contributed by atoms with E-state index in [2.05, 4.69) is 25.8 Å². The third-order valence-electron chi connectivity index (χ3n) is 4.59. The number of rotatable bonds is 2. The minimum Gasteiger partial charge on any atom is -0.392 e. The predicted octanol–water partition coefficient (Wildman–Crippen LogP) is 2.90. The molecule has 2 heterocycles. The van der Waals surface area contributed by atoms with Crippen LogP contribution in [0.3, 0.4) is 0 Å². The Morgan fingerprint density at radius 3 is 2.91 bits per heavy atom. The first kappa shape index (κ1) is 15.6. The zero-order valence-corrected chi connectivity index (χ0v) is 14.8. The molecule has 0 amide bonds. The summed E-state index contributed by atoms with van der Waals surface area (Å²) in [7, 11) is 0. The molecule has 4 nitrogen and oxygen atoms in total. The van der Waals surface area contributed by atoms with E-state index in [1.54, 1.807) is 17.7 Å². The summed E-state index contributed by atoms with van der Waals surface area (Å²) in [5.74, 6) is 0.659. The van der Waals surface area contributed by atoms with Crippen molar-refractivity contribution >= 4 is 38.8 Å². The molecule has 0 radical (unpaired) electrons. The van der Waals surface area contributed by atoms with E-state index in [4.69, 9.17) is 18.0 Å². The maximum atomic E-state index is 12.7. The molecule has 0 aromatic carbocycles. The van der Waals surface area contributed by atoms with Gasteiger partial charge in [0.05, 0.1) is 23.2 Å². The Balaban J connectivity index is 2.08. The van der Waals surface area contributed by atoms with Crippen LogP contribution in [0.25, 0.3) is 10.2 Å². The van der Waals surface area contributed by atoms with Gasteiger partial charge in [-0.1, -0.05) is 33.0 Å². The number of hydrogen-bond acceptors (Lipinski definition) is 4. The van der Waals surface area contributed by atoms with Crippen LogP contribution in [-0.4, -0.2) is 14.5 Å². The van der Waals surface area contributed by atoms with Gasteiger partial charge in [0.15, 0.2) is 0 Å². The molecule has 2 aromatic rings. The van der Waals surface area contributed by atoms with E-state index in [0.717, 1.165) is 29.5 Å². The summed E-state index contributed by atoms with van der Waals surface area (Å²) in [4.78, 5) is 19.6. The van der Waals surface area contributed by atoms with Crippen molar-refractivity contribution in [3.63, 3.8) is 0 Å². The molecule has 1 aliphatic rings. The molecule has 1 atom stereocenters. The lowest BCUT2D eigenvalue weighted by Crippen LogP contribution is -2.28. The minimum absolute atomic E-state index is 0.00971. The maximum absolute atomic E-state index is 12.7. The van der Waals surface area contributed by atoms with Crippen molar-refractivity contribution < 1.29 is 0 Å². The van der Waals surface area contributed by atoms with Crippen LogP contribution in [0.5, 0.6) is 0 Å². The van der Waals surface area contributed by atoms with Gasteiger partial charge < -0.3 is 5.73 Å². The Labute approximate surface area is 139 Å². The van der Waals surface area contributed by atoms with Crippen molar-refractivity contribution in [1.82, 2.24) is 9.55 Å². The van der Waals surface area contributed by atoms with Crippen LogP contribution >= 0.6 is 23.6 Å². The van der Waals surface area contributed by atoms with E-state index < -0.39 is 0 Å². The molecular weight excluding hydrogens is 314 g/mol. The summed E-state index contributed by atoms with van der Waals surface area (Å²) in [5.41, 5.74) is 7.06. The molecule has 118 valence electrons. The second-order valence-electron chi connectivity index (χ2n) is 7.13. The van der Waals surface area contributed by atoms with Crippen LogP contribution in [0.1, 0.15) is 37.6 Å². The van der Waals surface area contributed by atoms with E-state index in [0.29, 0.717) is 16.3 Å². The Kier molecular flexibility index (Phi) is 3.85. The summed E-state index contributed by atoms with van der Waals surface area (Å²) in [6.07, 6.45) is 4.71. The Bertz CT molecular complexity index is 798. The molecule has 2 N–H and O–H groups in total. The standard InChI is InChI=1S/C16H21N3OS2/c1-16(2,3)9-4-5-10-11(6-9)22-14-13(10)15(20)19(8-18-14)7-12(17)21/h8-9H,4-7H2,1-3H3,(H2,17,21). The predicted molar refractivity (Wildman–Crippen MR) is 95.6 cm³/mol. The molecular formula is C16H21N3OS2. The monoisotopic (exact) mass is 335 g/mol. The molecule has 2 aromatic heterocycles. The lowest BCUT2D eigenvalue weighted by Gasteiger charge is -2.33. The summed E-state index contributed by atoms with van der Waals surface area (Å²) in [5, 5.41) is 0.783. The molecule has 0 saturated heterocycles. The molecule has 0 aliphatic heterocycles. The number of nitrogens with two attached hydrogens (primary N) is 1. The second kappa shape index (κ2) is 5.42. The highest BCUT2D eigenvalue weighted by Gasteiger charge is 2.31. The van der Waals surface area contributed by atoms with Crippen LogP contribution in [0, 0.1) is 11.3 Å². The van der Waals surface area contributed by atoms with Gasteiger partial charge in [-0.15, -0.1) is 11.3 Å². The third-order valence-corrected chi connectivity index (χ3v) is 5.88. The first-order valence-corrected chi connectivity index (χ1v) is 8.78. The van der Waals surface area contributed by atoms with Crippen molar-refractivity contribution in [1.29, 1.82) is 0 Å². The fraction of sp³-hybridized carbons (Fsp3) is 0.562. The van der Waals surface area contributed by atoms with Gasteiger partial charge in [0.1, 0.15) is 4.83 Å². The average molecular weight is 335 g/mol. The highest BCUT2D eigenvalue weighted by molar-refractivity contribution is 7.80. The largest absolute Gasteiger partial charge is 0.392 e. The van der Waals surface area contributed by atoms with Gasteiger partial charge in [-0.25, -0.2) is 4.98 Å². The summed E-state index contributed by atoms with van der Waals surface area (Å²) >= 11 is 6.58. The van der Waals surface area contributed by atoms with E-state index in [-0.39, 0.29) is 12.1 Å². The number of aromatic nitrogens is 2. The van der Waals surface area contributed by atoms with E-state index in [9.17, 15) is 4.79 Å². The fourth-order valence-corrected chi connectivity index (χ4v) is 4.62. The van der Waals surface area contributed by atoms with E-state index in [1.165, 1.54) is 15.0 Å². The lowest BCUT2D eigenvalue weighted by atomic mass is 9.72. The molecule has 0 spiro atoms. The van der Waals surface area contributed by atoms with Crippen molar-refractivity contribution in [2.75, 3.05) is 0 Å². The summed E-state index contributed by atoms with van der Waals surface area (Å²) < 4.78 is 1.52. The SMILES string of the molecule is CC(C)(C)C1CCc2c(sc3ncn(CC(N)=S)c(=O)c23)C1. The van der Waals surface area contributed by atoms with Crippen molar-refractivity contribution in [3.8, 4) is 0 Å². The number of thiocarbonyl (C=S) groups is 1. The highest BCUT2D eigenvalue weighted by Crippen LogP contribution is 2.41. The van der Waals surface area contributed by atoms with Crippen LogP contribution in [0.15, 0.2) is 11.1 Å². The van der Waals surface area contributed by atoms with Gasteiger partial charge in [0.2, 0.25) is 0 Å². The van der Waals surface area contributed by atoms with Crippen molar-refractivity contribution in [2.45, 2.75) is 46.6 Å². The van der Waals surface area contributed by atoms with Crippen LogP contribution in [0.4, 0.5) is 0 Å². The molecule has 1 aliphatic carbocycles. The van der Waals surface area contributed by atoms with Crippen molar-refractivity contribution in [2.24, 2.45) is 17.1 Å². The number of aryl methyl sites for hydroxylation is 1. The van der Waals surface area contributed by atoms with Crippen LogP contribution < -0.4 is 11.3 Å². The van der Waals surface area contributed by atoms with Gasteiger partial charge in [-0.05, 0) is 36.2 Å². The zero-order valence-electron chi connectivity index (χ0n) is 13.2. The normalized spacial score (nSPS) is 18.4. The average Bonchev–Trinajstić information content (AvgIpc) is 2.78. The minimum atomic E-state index is -0.00971. The smallest absolute Gasteiger partial charge is 0.262 e. The molecule has 0 bridgehead atoms. The van der Waals surface area contributed by atoms with Gasteiger partial charge in [-0.2, -0.15) is 0 Å².